The molecule has 1 heteroatoms. The smallest absolute Gasteiger partial charge is 0.103 e. The fourth-order valence-corrected chi connectivity index (χ4v) is 2.11. The lowest BCUT2D eigenvalue weighted by Gasteiger charge is -2.11. The van der Waals surface area contributed by atoms with Crippen molar-refractivity contribution >= 4 is 0 Å². The van der Waals surface area contributed by atoms with Crippen molar-refractivity contribution in [2.45, 2.75) is 32.1 Å². The first-order valence-corrected chi connectivity index (χ1v) is 4.51. The van der Waals surface area contributed by atoms with Crippen LogP contribution in [0.3, 0.4) is 0 Å². The summed E-state index contributed by atoms with van der Waals surface area (Å²) in [5, 5.41) is 0. The standard InChI is InChI=1S/C9H15N/c1-2-6-9(5-1)10-7-3-4-8-10/h5H,1-4,6-8H2/p+1. The molecule has 0 spiro atoms. The van der Waals surface area contributed by atoms with Crippen LogP contribution in [-0.4, -0.2) is 13.1 Å². The van der Waals surface area contributed by atoms with Gasteiger partial charge in [-0.3, -0.25) is 0 Å². The Hall–Kier alpha value is -0.300. The Morgan fingerprint density at radius 2 is 1.90 bits per heavy atom. The zero-order valence-electron chi connectivity index (χ0n) is 6.53. The van der Waals surface area contributed by atoms with E-state index >= 15 is 0 Å². The number of hydrogen-bond acceptors (Lipinski definition) is 0. The van der Waals surface area contributed by atoms with Gasteiger partial charge in [0.15, 0.2) is 0 Å². The molecule has 1 aliphatic carbocycles. The molecular weight excluding hydrogens is 122 g/mol. The molecule has 1 heterocycles. The van der Waals surface area contributed by atoms with Crippen LogP contribution >= 0.6 is 0 Å². The molecule has 0 unspecified atom stereocenters. The second-order valence-electron chi connectivity index (χ2n) is 3.43. The third-order valence-electron chi connectivity index (χ3n) is 2.70. The second-order valence-corrected chi connectivity index (χ2v) is 3.43. The number of quaternary nitrogens is 1. The summed E-state index contributed by atoms with van der Waals surface area (Å²) in [5.74, 6) is 0. The Labute approximate surface area is 62.7 Å². The molecule has 56 valence electrons. The highest BCUT2D eigenvalue weighted by atomic mass is 15.1. The molecule has 1 aliphatic heterocycles. The van der Waals surface area contributed by atoms with Crippen molar-refractivity contribution in [3.63, 3.8) is 0 Å². The van der Waals surface area contributed by atoms with E-state index in [1.165, 1.54) is 45.2 Å². The molecular formula is C9H16N+. The molecule has 2 aliphatic rings. The zero-order valence-corrected chi connectivity index (χ0v) is 6.53. The summed E-state index contributed by atoms with van der Waals surface area (Å²) in [7, 11) is 0. The fourth-order valence-electron chi connectivity index (χ4n) is 2.11. The maximum absolute atomic E-state index is 2.46. The summed E-state index contributed by atoms with van der Waals surface area (Å²) in [5.41, 5.74) is 1.72. The Morgan fingerprint density at radius 3 is 2.50 bits per heavy atom. The first-order valence-electron chi connectivity index (χ1n) is 4.51. The first kappa shape index (κ1) is 6.41. The van der Waals surface area contributed by atoms with Crippen molar-refractivity contribution < 1.29 is 4.90 Å². The second kappa shape index (κ2) is 2.75. The molecule has 1 saturated heterocycles. The zero-order chi connectivity index (χ0) is 6.81. The van der Waals surface area contributed by atoms with Gasteiger partial charge in [-0.25, -0.2) is 0 Å². The van der Waals surface area contributed by atoms with Gasteiger partial charge in [-0.2, -0.15) is 0 Å². The highest BCUT2D eigenvalue weighted by molar-refractivity contribution is 4.97. The SMILES string of the molecule is C1=C([NH+]2CCCC2)CCC1. The third kappa shape index (κ3) is 1.10. The highest BCUT2D eigenvalue weighted by Crippen LogP contribution is 2.12. The Morgan fingerprint density at radius 1 is 1.10 bits per heavy atom. The molecule has 1 fully saturated rings. The quantitative estimate of drug-likeness (QED) is 0.545. The normalized spacial score (nSPS) is 27.4. The van der Waals surface area contributed by atoms with Crippen LogP contribution in [0.5, 0.6) is 0 Å². The van der Waals surface area contributed by atoms with Gasteiger partial charge >= 0.3 is 0 Å². The van der Waals surface area contributed by atoms with Crippen molar-refractivity contribution in [1.82, 2.24) is 0 Å². The molecule has 0 aromatic rings. The summed E-state index contributed by atoms with van der Waals surface area (Å²) in [6.45, 7) is 2.82. The molecule has 0 aromatic heterocycles. The van der Waals surface area contributed by atoms with Crippen molar-refractivity contribution in [2.24, 2.45) is 0 Å². The minimum absolute atomic E-state index is 1.35. The van der Waals surface area contributed by atoms with E-state index < -0.39 is 0 Å². The van der Waals surface area contributed by atoms with E-state index in [2.05, 4.69) is 6.08 Å². The summed E-state index contributed by atoms with van der Waals surface area (Å²) >= 11 is 0. The van der Waals surface area contributed by atoms with Gasteiger partial charge in [-0.05, 0) is 18.9 Å². The summed E-state index contributed by atoms with van der Waals surface area (Å²) in [6, 6.07) is 0. The lowest BCUT2D eigenvalue weighted by Crippen LogP contribution is -3.07. The summed E-state index contributed by atoms with van der Waals surface area (Å²) in [6.07, 6.45) is 9.51. The van der Waals surface area contributed by atoms with Crippen molar-refractivity contribution in [3.8, 4) is 0 Å². The van der Waals surface area contributed by atoms with E-state index in [1.54, 1.807) is 10.6 Å². The van der Waals surface area contributed by atoms with E-state index in [4.69, 9.17) is 0 Å². The molecule has 1 nitrogen and oxygen atoms in total. The molecule has 0 aromatic carbocycles. The van der Waals surface area contributed by atoms with Gasteiger partial charge in [0.25, 0.3) is 0 Å². The number of hydrogen-bond donors (Lipinski definition) is 1. The lowest BCUT2D eigenvalue weighted by atomic mass is 10.3. The molecule has 0 amide bonds. The molecule has 0 saturated carbocycles. The predicted molar refractivity (Wildman–Crippen MR) is 41.9 cm³/mol. The topological polar surface area (TPSA) is 4.44 Å². The molecule has 0 radical (unpaired) electrons. The molecule has 1 N–H and O–H groups in total. The monoisotopic (exact) mass is 138 g/mol. The van der Waals surface area contributed by atoms with Crippen molar-refractivity contribution in [2.75, 3.05) is 13.1 Å². The maximum atomic E-state index is 2.46. The minimum atomic E-state index is 1.35. The Bertz CT molecular complexity index is 143. The molecule has 0 bridgehead atoms. The fraction of sp³-hybridized carbons (Fsp3) is 0.778. The number of nitrogens with one attached hydrogen (secondary N) is 1. The van der Waals surface area contributed by atoms with Crippen LogP contribution in [0.1, 0.15) is 32.1 Å². The highest BCUT2D eigenvalue weighted by Gasteiger charge is 2.21. The van der Waals surface area contributed by atoms with Crippen LogP contribution in [-0.2, 0) is 0 Å². The average Bonchev–Trinajstić information content (AvgIpc) is 2.59. The van der Waals surface area contributed by atoms with Gasteiger partial charge in [-0.15, -0.1) is 0 Å². The summed E-state index contributed by atoms with van der Waals surface area (Å²) in [4.78, 5) is 1.79. The number of allylic oxidation sites excluding steroid dienone is 2. The van der Waals surface area contributed by atoms with Gasteiger partial charge in [0.2, 0.25) is 0 Å². The van der Waals surface area contributed by atoms with Gasteiger partial charge in [-0.1, -0.05) is 0 Å². The van der Waals surface area contributed by atoms with E-state index in [9.17, 15) is 0 Å². The molecule has 2 rings (SSSR count). The van der Waals surface area contributed by atoms with E-state index in [0.717, 1.165) is 0 Å². The van der Waals surface area contributed by atoms with Crippen molar-refractivity contribution in [3.05, 3.63) is 11.8 Å². The average molecular weight is 138 g/mol. The Kier molecular flexibility index (Phi) is 1.76. The molecule has 0 atom stereocenters. The first-order chi connectivity index (χ1) is 4.97. The van der Waals surface area contributed by atoms with Crippen LogP contribution in [0.25, 0.3) is 0 Å². The van der Waals surface area contributed by atoms with Crippen LogP contribution in [0.2, 0.25) is 0 Å². The minimum Gasteiger partial charge on any atom is -0.306 e. The predicted octanol–water partition coefficient (Wildman–Crippen LogP) is 0.733. The van der Waals surface area contributed by atoms with Gasteiger partial charge in [0, 0.05) is 19.3 Å². The number of rotatable bonds is 1. The number of likely N-dealkylation sites (tertiary alicyclic amines) is 1. The van der Waals surface area contributed by atoms with Crippen LogP contribution < -0.4 is 4.90 Å². The van der Waals surface area contributed by atoms with E-state index in [0.29, 0.717) is 0 Å². The largest absolute Gasteiger partial charge is 0.306 e. The van der Waals surface area contributed by atoms with Gasteiger partial charge < -0.3 is 4.90 Å². The third-order valence-corrected chi connectivity index (χ3v) is 2.70. The van der Waals surface area contributed by atoms with Crippen LogP contribution in [0, 0.1) is 0 Å². The van der Waals surface area contributed by atoms with E-state index in [1.807, 2.05) is 0 Å². The van der Waals surface area contributed by atoms with E-state index in [-0.39, 0.29) is 0 Å². The summed E-state index contributed by atoms with van der Waals surface area (Å²) < 4.78 is 0. The lowest BCUT2D eigenvalue weighted by molar-refractivity contribution is -0.848. The maximum Gasteiger partial charge on any atom is 0.103 e. The molecule has 10 heavy (non-hydrogen) atoms. The van der Waals surface area contributed by atoms with Gasteiger partial charge in [0.05, 0.1) is 13.1 Å². The Balaban J connectivity index is 1.97. The van der Waals surface area contributed by atoms with Gasteiger partial charge in [0.1, 0.15) is 5.70 Å². The van der Waals surface area contributed by atoms with Crippen LogP contribution in [0.15, 0.2) is 11.8 Å². The van der Waals surface area contributed by atoms with Crippen molar-refractivity contribution in [1.29, 1.82) is 0 Å². The van der Waals surface area contributed by atoms with Crippen LogP contribution in [0.4, 0.5) is 0 Å².